The molecule has 2 aromatic heterocycles. The number of aromatic hydroxyl groups is 1. The van der Waals surface area contributed by atoms with Gasteiger partial charge in [-0.05, 0) is 88.5 Å². The van der Waals surface area contributed by atoms with Crippen LogP contribution in [0.4, 0.5) is 22.1 Å². The molecule has 0 radical (unpaired) electrons. The molecule has 4 aliphatic heterocycles. The monoisotopic (exact) mass is 1030 g/mol. The molecule has 3 saturated heterocycles. The number of anilines is 2. The molecule has 19 heteroatoms. The summed E-state index contributed by atoms with van der Waals surface area (Å²) in [5.41, 5.74) is 2.15. The van der Waals surface area contributed by atoms with Crippen LogP contribution in [-0.2, 0) is 42.4 Å². The second kappa shape index (κ2) is 19.8. The summed E-state index contributed by atoms with van der Waals surface area (Å²) < 4.78 is 14.2. The van der Waals surface area contributed by atoms with E-state index in [4.69, 9.17) is 9.47 Å². The lowest BCUT2D eigenvalue weighted by atomic mass is 9.65. The molecule has 8 aromatic rings. The number of aromatic nitrogens is 5. The molecule has 6 aromatic carbocycles. The average Bonchev–Trinajstić information content (AvgIpc) is 3.80. The van der Waals surface area contributed by atoms with Crippen molar-refractivity contribution >= 4 is 52.2 Å². The number of fused-ring (bicyclic) bond motifs is 4. The van der Waals surface area contributed by atoms with Crippen molar-refractivity contribution in [1.29, 1.82) is 0 Å². The van der Waals surface area contributed by atoms with Crippen molar-refractivity contribution in [2.45, 2.75) is 42.8 Å². The number of piperazine rings is 1. The van der Waals surface area contributed by atoms with Crippen LogP contribution in [0.3, 0.4) is 0 Å². The summed E-state index contributed by atoms with van der Waals surface area (Å²) in [6, 6.07) is 41.1. The molecule has 3 fully saturated rings. The number of carbonyl (C=O) groups is 4. The number of para-hydroxylation sites is 1. The zero-order chi connectivity index (χ0) is 52.8. The Morgan fingerprint density at radius 1 is 0.779 bits per heavy atom. The van der Waals surface area contributed by atoms with Gasteiger partial charge in [-0.25, -0.2) is 24.3 Å². The van der Waals surface area contributed by atoms with Gasteiger partial charge in [0.2, 0.25) is 17.8 Å². The lowest BCUT2D eigenvalue weighted by Crippen LogP contribution is -2.59. The number of benzene rings is 6. The fourth-order valence-corrected chi connectivity index (χ4v) is 11.6. The molecule has 12 rings (SSSR count). The molecule has 6 atom stereocenters. The molecular weight excluding hydrogens is 981 g/mol. The number of imide groups is 1. The van der Waals surface area contributed by atoms with Crippen LogP contribution < -0.4 is 9.80 Å². The minimum Gasteiger partial charge on any atom is -0.508 e. The normalized spacial score (nSPS) is 21.8. The summed E-state index contributed by atoms with van der Waals surface area (Å²) in [6.45, 7) is 0.735. The summed E-state index contributed by atoms with van der Waals surface area (Å²) in [6.07, 6.45) is 1.22. The van der Waals surface area contributed by atoms with Crippen LogP contribution >= 0.6 is 0 Å². The number of amides is 3. The summed E-state index contributed by atoms with van der Waals surface area (Å²) >= 11 is 0. The molecule has 3 amide bonds. The second-order valence-electron chi connectivity index (χ2n) is 19.1. The van der Waals surface area contributed by atoms with E-state index < -0.39 is 64.4 Å². The van der Waals surface area contributed by atoms with E-state index in [0.717, 1.165) is 10.4 Å². The van der Waals surface area contributed by atoms with Crippen molar-refractivity contribution < 1.29 is 38.7 Å². The first-order valence-corrected chi connectivity index (χ1v) is 24.9. The predicted molar refractivity (Wildman–Crippen MR) is 279 cm³/mol. The molecule has 19 nitrogen and oxygen atoms in total. The topological polar surface area (TPSA) is 220 Å². The Kier molecular flexibility index (Phi) is 12.4. The van der Waals surface area contributed by atoms with Gasteiger partial charge >= 0.3 is 12.1 Å². The van der Waals surface area contributed by atoms with E-state index in [0.29, 0.717) is 52.4 Å². The highest BCUT2D eigenvalue weighted by molar-refractivity contribution is 6.23. The van der Waals surface area contributed by atoms with Crippen LogP contribution in [0.5, 0.6) is 5.75 Å². The third-order valence-electron chi connectivity index (χ3n) is 14.9. The SMILES string of the molecule is O=C1O[C@H](c2ccccc2)[C@H](c2ccccc2)N2[C@H]1[C@@H](C(=O)N1CCN(c3ncccn3)CC1)[C@]1(C(=O)N(C(=O)OCc3ccc([N+](=O)[O-])cc3)c3ccc(C#CCn4nnc5ccccc54)cc31)[C@H]2c1ccc(O)cc1. The summed E-state index contributed by atoms with van der Waals surface area (Å²) in [5, 5.41) is 30.9. The second-order valence-corrected chi connectivity index (χ2v) is 19.1. The molecule has 1 spiro atoms. The number of phenolic OH excluding ortho intramolecular Hbond substituents is 1. The van der Waals surface area contributed by atoms with Gasteiger partial charge in [0.1, 0.15) is 42.0 Å². The fourth-order valence-electron chi connectivity index (χ4n) is 11.6. The number of nitro groups is 1. The highest BCUT2D eigenvalue weighted by Gasteiger charge is 2.76. The van der Waals surface area contributed by atoms with Crippen LogP contribution in [-0.4, -0.2) is 101 Å². The lowest BCUT2D eigenvalue weighted by Gasteiger charge is -2.46. The highest BCUT2D eigenvalue weighted by Crippen LogP contribution is 2.66. The molecule has 0 aliphatic carbocycles. The number of ether oxygens (including phenoxy) is 2. The Balaban J connectivity index is 1.07. The molecular formula is C58H46N10O9. The summed E-state index contributed by atoms with van der Waals surface area (Å²) in [7, 11) is 0. The van der Waals surface area contributed by atoms with Gasteiger partial charge in [-0.15, -0.1) is 5.10 Å². The van der Waals surface area contributed by atoms with Crippen molar-refractivity contribution in [2.75, 3.05) is 36.0 Å². The van der Waals surface area contributed by atoms with Gasteiger partial charge in [0.15, 0.2) is 0 Å². The average molecular weight is 1030 g/mol. The van der Waals surface area contributed by atoms with Crippen molar-refractivity contribution in [2.24, 2.45) is 5.92 Å². The fraction of sp³-hybridized carbons (Fsp3) is 0.207. The molecule has 382 valence electrons. The van der Waals surface area contributed by atoms with Crippen molar-refractivity contribution in [3.63, 3.8) is 0 Å². The maximum atomic E-state index is 16.8. The molecule has 0 saturated carbocycles. The number of nitrogens with zero attached hydrogens (tertiary/aromatic N) is 10. The lowest BCUT2D eigenvalue weighted by molar-refractivity contribution is -0.384. The number of rotatable bonds is 9. The van der Waals surface area contributed by atoms with Gasteiger partial charge in [-0.2, -0.15) is 0 Å². The van der Waals surface area contributed by atoms with Gasteiger partial charge in [-0.1, -0.05) is 102 Å². The minimum atomic E-state index is -2.13. The van der Waals surface area contributed by atoms with Gasteiger partial charge in [0.25, 0.3) is 5.69 Å². The number of non-ortho nitro benzene ring substituents is 1. The summed E-state index contributed by atoms with van der Waals surface area (Å²) in [5.74, 6) is 3.14. The molecule has 77 heavy (non-hydrogen) atoms. The first kappa shape index (κ1) is 48.2. The maximum Gasteiger partial charge on any atom is 0.421 e. The number of hydrogen-bond donors (Lipinski definition) is 1. The van der Waals surface area contributed by atoms with Crippen molar-refractivity contribution in [3.8, 4) is 17.6 Å². The standard InChI is InChI=1S/C58H46N10O9/c69-43-25-21-41(22-26-43)52-58(44-35-37(11-9-30-65-47-17-8-7-16-45(47)61-62-65)20-27-46(44)66(55(58)72)57(73)76-36-38-18-23-42(24-19-38)68(74)75)48(53(70)63-31-33-64(34-32-63)56-59-28-10-29-60-56)50-54(71)77-51(40-14-5-2-6-15-40)49(67(50)52)39-12-3-1-4-13-39/h1-8,10,12-29,35,48-52,69H,30-34,36H2/t48-,49-,50-,51+,52+,58-/m0/s1. The molecule has 4 aliphatic rings. The first-order valence-electron chi connectivity index (χ1n) is 24.9. The maximum absolute atomic E-state index is 16.8. The van der Waals surface area contributed by atoms with E-state index >= 15 is 19.2 Å². The van der Waals surface area contributed by atoms with E-state index in [2.05, 4.69) is 32.1 Å². The number of cyclic esters (lactones) is 1. The number of nitro benzene ring substituents is 1. The number of phenols is 1. The number of esters is 1. The molecule has 0 unspecified atom stereocenters. The molecule has 6 heterocycles. The Bertz CT molecular complexity index is 3640. The number of carbonyl (C=O) groups excluding carboxylic acids is 4. The molecule has 0 bridgehead atoms. The predicted octanol–water partition coefficient (Wildman–Crippen LogP) is 7.24. The smallest absolute Gasteiger partial charge is 0.421 e. The van der Waals surface area contributed by atoms with Gasteiger partial charge in [0, 0.05) is 56.3 Å². The highest BCUT2D eigenvalue weighted by atomic mass is 16.6. The van der Waals surface area contributed by atoms with Crippen LogP contribution in [0, 0.1) is 27.9 Å². The first-order chi connectivity index (χ1) is 37.6. The van der Waals surface area contributed by atoms with Crippen LogP contribution in [0.25, 0.3) is 11.0 Å². The number of hydrogen-bond acceptors (Lipinski definition) is 15. The third kappa shape index (κ3) is 8.40. The van der Waals surface area contributed by atoms with E-state index in [-0.39, 0.29) is 48.9 Å². The quantitative estimate of drug-likeness (QED) is 0.0652. The van der Waals surface area contributed by atoms with E-state index in [1.165, 1.54) is 36.4 Å². The van der Waals surface area contributed by atoms with Crippen molar-refractivity contribution in [3.05, 3.63) is 214 Å². The van der Waals surface area contributed by atoms with Crippen LogP contribution in [0.15, 0.2) is 170 Å². The van der Waals surface area contributed by atoms with Crippen molar-refractivity contribution in [1.82, 2.24) is 34.8 Å². The van der Waals surface area contributed by atoms with Gasteiger partial charge in [0.05, 0.1) is 34.1 Å². The van der Waals surface area contributed by atoms with Gasteiger partial charge < -0.3 is 24.4 Å². The zero-order valence-corrected chi connectivity index (χ0v) is 41.0. The minimum absolute atomic E-state index is 0.0719. The summed E-state index contributed by atoms with van der Waals surface area (Å²) in [4.78, 5) is 90.0. The zero-order valence-electron chi connectivity index (χ0n) is 41.0. The Hall–Kier alpha value is -9.80. The largest absolute Gasteiger partial charge is 0.508 e. The van der Waals surface area contributed by atoms with Crippen LogP contribution in [0.2, 0.25) is 0 Å². The Morgan fingerprint density at radius 3 is 2.18 bits per heavy atom. The van der Waals surface area contributed by atoms with Gasteiger partial charge in [-0.3, -0.25) is 29.4 Å². The van der Waals surface area contributed by atoms with Crippen LogP contribution in [0.1, 0.15) is 51.6 Å². The van der Waals surface area contributed by atoms with E-state index in [9.17, 15) is 15.2 Å². The Morgan fingerprint density at radius 2 is 1.47 bits per heavy atom. The number of morpholine rings is 1. The van der Waals surface area contributed by atoms with E-state index in [1.807, 2.05) is 94.7 Å². The third-order valence-corrected chi connectivity index (χ3v) is 14.9. The molecule has 1 N–H and O–H groups in total. The Labute approximate surface area is 440 Å². The van der Waals surface area contributed by atoms with E-state index in [1.54, 1.807) is 58.4 Å².